The molecule has 1 fully saturated rings. The van der Waals surface area contributed by atoms with Gasteiger partial charge in [-0.2, -0.15) is 0 Å². The number of hydrogen-bond donors (Lipinski definition) is 1. The van der Waals surface area contributed by atoms with E-state index in [9.17, 15) is 9.59 Å². The molecule has 4 nitrogen and oxygen atoms in total. The van der Waals surface area contributed by atoms with E-state index in [0.717, 1.165) is 12.0 Å². The molecule has 2 rings (SSSR count). The third kappa shape index (κ3) is 4.08. The van der Waals surface area contributed by atoms with Crippen molar-refractivity contribution in [1.29, 1.82) is 0 Å². The van der Waals surface area contributed by atoms with Crippen LogP contribution in [0.4, 0.5) is 0 Å². The van der Waals surface area contributed by atoms with Crippen LogP contribution in [0.5, 0.6) is 0 Å². The Kier molecular flexibility index (Phi) is 5.16. The van der Waals surface area contributed by atoms with Gasteiger partial charge in [-0.05, 0) is 17.9 Å². The summed E-state index contributed by atoms with van der Waals surface area (Å²) >= 11 is 0. The van der Waals surface area contributed by atoms with E-state index in [4.69, 9.17) is 0 Å². The Bertz CT molecular complexity index is 459. The van der Waals surface area contributed by atoms with E-state index in [-0.39, 0.29) is 17.7 Å². The van der Waals surface area contributed by atoms with Gasteiger partial charge in [0.2, 0.25) is 11.8 Å². The van der Waals surface area contributed by atoms with E-state index in [1.807, 2.05) is 42.2 Å². The van der Waals surface area contributed by atoms with Gasteiger partial charge in [0.05, 0.1) is 0 Å². The molecule has 1 aliphatic heterocycles. The van der Waals surface area contributed by atoms with Gasteiger partial charge in [0.25, 0.3) is 0 Å². The fourth-order valence-corrected chi connectivity index (χ4v) is 2.55. The summed E-state index contributed by atoms with van der Waals surface area (Å²) in [6.07, 6.45) is 1.89. The lowest BCUT2D eigenvalue weighted by atomic mass is 10.0. The SMILES string of the molecule is CCCNC(=O)CC1CC(=O)N(Cc2ccccc2)C1. The van der Waals surface area contributed by atoms with Crippen molar-refractivity contribution in [3.05, 3.63) is 35.9 Å². The minimum atomic E-state index is 0.0613. The van der Waals surface area contributed by atoms with Gasteiger partial charge in [0.1, 0.15) is 0 Å². The second kappa shape index (κ2) is 7.08. The van der Waals surface area contributed by atoms with Crippen molar-refractivity contribution in [2.75, 3.05) is 13.1 Å². The molecule has 20 heavy (non-hydrogen) atoms. The third-order valence-corrected chi connectivity index (χ3v) is 3.56. The number of nitrogens with one attached hydrogen (secondary N) is 1. The fourth-order valence-electron chi connectivity index (χ4n) is 2.55. The summed E-state index contributed by atoms with van der Waals surface area (Å²) in [6, 6.07) is 9.97. The molecule has 1 atom stereocenters. The van der Waals surface area contributed by atoms with E-state index in [1.54, 1.807) is 0 Å². The number of likely N-dealkylation sites (tertiary alicyclic amines) is 1. The molecule has 1 N–H and O–H groups in total. The summed E-state index contributed by atoms with van der Waals surface area (Å²) in [5.74, 6) is 0.372. The highest BCUT2D eigenvalue weighted by molar-refractivity contribution is 5.81. The van der Waals surface area contributed by atoms with Gasteiger partial charge in [0.15, 0.2) is 0 Å². The van der Waals surface area contributed by atoms with Crippen molar-refractivity contribution in [1.82, 2.24) is 10.2 Å². The molecule has 1 heterocycles. The van der Waals surface area contributed by atoms with Crippen molar-refractivity contribution >= 4 is 11.8 Å². The summed E-state index contributed by atoms with van der Waals surface area (Å²) in [7, 11) is 0. The average molecular weight is 274 g/mol. The Morgan fingerprint density at radius 2 is 2.10 bits per heavy atom. The van der Waals surface area contributed by atoms with Crippen molar-refractivity contribution in [3.8, 4) is 0 Å². The van der Waals surface area contributed by atoms with Crippen LogP contribution in [0, 0.1) is 5.92 Å². The van der Waals surface area contributed by atoms with Crippen molar-refractivity contribution in [2.45, 2.75) is 32.7 Å². The van der Waals surface area contributed by atoms with E-state index in [2.05, 4.69) is 5.32 Å². The van der Waals surface area contributed by atoms with E-state index < -0.39 is 0 Å². The van der Waals surface area contributed by atoms with Gasteiger partial charge in [-0.25, -0.2) is 0 Å². The number of nitrogens with zero attached hydrogens (tertiary/aromatic N) is 1. The van der Waals surface area contributed by atoms with Crippen LogP contribution in [0.3, 0.4) is 0 Å². The maximum Gasteiger partial charge on any atom is 0.223 e. The number of carbonyl (C=O) groups is 2. The molecule has 108 valence electrons. The topological polar surface area (TPSA) is 49.4 Å². The zero-order valence-corrected chi connectivity index (χ0v) is 12.0. The third-order valence-electron chi connectivity index (χ3n) is 3.56. The summed E-state index contributed by atoms with van der Waals surface area (Å²) in [6.45, 7) is 4.08. The first-order valence-electron chi connectivity index (χ1n) is 7.27. The molecule has 1 unspecified atom stereocenters. The smallest absolute Gasteiger partial charge is 0.223 e. The Labute approximate surface area is 120 Å². The lowest BCUT2D eigenvalue weighted by molar-refractivity contribution is -0.128. The van der Waals surface area contributed by atoms with Crippen LogP contribution in [0.2, 0.25) is 0 Å². The van der Waals surface area contributed by atoms with Gasteiger partial charge >= 0.3 is 0 Å². The molecule has 0 saturated carbocycles. The lowest BCUT2D eigenvalue weighted by Gasteiger charge is -2.16. The second-order valence-corrected chi connectivity index (χ2v) is 5.38. The molecular weight excluding hydrogens is 252 g/mol. The minimum absolute atomic E-state index is 0.0613. The van der Waals surface area contributed by atoms with Gasteiger partial charge in [-0.1, -0.05) is 37.3 Å². The van der Waals surface area contributed by atoms with Crippen LogP contribution < -0.4 is 5.32 Å². The summed E-state index contributed by atoms with van der Waals surface area (Å²) in [5.41, 5.74) is 1.14. The zero-order valence-electron chi connectivity index (χ0n) is 12.0. The molecule has 4 heteroatoms. The number of carbonyl (C=O) groups excluding carboxylic acids is 2. The molecule has 0 spiro atoms. The highest BCUT2D eigenvalue weighted by Gasteiger charge is 2.30. The molecule has 1 aromatic carbocycles. The van der Waals surface area contributed by atoms with Crippen LogP contribution in [-0.2, 0) is 16.1 Å². The normalized spacial score (nSPS) is 18.4. The van der Waals surface area contributed by atoms with Crippen LogP contribution in [0.15, 0.2) is 30.3 Å². The maximum absolute atomic E-state index is 12.0. The first-order chi connectivity index (χ1) is 9.69. The standard InChI is InChI=1S/C16H22N2O2/c1-2-8-17-15(19)9-14-10-16(20)18(12-14)11-13-6-4-3-5-7-13/h3-7,14H,2,8-12H2,1H3,(H,17,19). The molecule has 0 bridgehead atoms. The average Bonchev–Trinajstić information content (AvgIpc) is 2.77. The van der Waals surface area contributed by atoms with Crippen LogP contribution >= 0.6 is 0 Å². The molecule has 2 amide bonds. The quantitative estimate of drug-likeness (QED) is 0.862. The van der Waals surface area contributed by atoms with Crippen molar-refractivity contribution < 1.29 is 9.59 Å². The first kappa shape index (κ1) is 14.6. The fraction of sp³-hybridized carbons (Fsp3) is 0.500. The largest absolute Gasteiger partial charge is 0.356 e. The highest BCUT2D eigenvalue weighted by atomic mass is 16.2. The van der Waals surface area contributed by atoms with Gasteiger partial charge in [-0.3, -0.25) is 9.59 Å². The molecule has 1 aliphatic rings. The van der Waals surface area contributed by atoms with Gasteiger partial charge < -0.3 is 10.2 Å². The second-order valence-electron chi connectivity index (χ2n) is 5.38. The molecule has 1 saturated heterocycles. The Hall–Kier alpha value is -1.84. The predicted octanol–water partition coefficient (Wildman–Crippen LogP) is 1.95. The number of rotatable bonds is 6. The van der Waals surface area contributed by atoms with Gasteiger partial charge in [0, 0.05) is 32.5 Å². The van der Waals surface area contributed by atoms with Crippen LogP contribution in [0.1, 0.15) is 31.7 Å². The Morgan fingerprint density at radius 1 is 1.35 bits per heavy atom. The molecule has 0 radical (unpaired) electrons. The summed E-state index contributed by atoms with van der Waals surface area (Å²) in [4.78, 5) is 25.5. The zero-order chi connectivity index (χ0) is 14.4. The summed E-state index contributed by atoms with van der Waals surface area (Å²) < 4.78 is 0. The van der Waals surface area contributed by atoms with Crippen molar-refractivity contribution in [2.24, 2.45) is 5.92 Å². The Morgan fingerprint density at radius 3 is 2.80 bits per heavy atom. The predicted molar refractivity (Wildman–Crippen MR) is 77.9 cm³/mol. The molecular formula is C16H22N2O2. The van der Waals surface area contributed by atoms with Crippen molar-refractivity contribution in [3.63, 3.8) is 0 Å². The van der Waals surface area contributed by atoms with E-state index >= 15 is 0 Å². The van der Waals surface area contributed by atoms with E-state index in [1.165, 1.54) is 0 Å². The molecule has 1 aromatic rings. The number of hydrogen-bond acceptors (Lipinski definition) is 2. The van der Waals surface area contributed by atoms with E-state index in [0.29, 0.717) is 32.5 Å². The summed E-state index contributed by atoms with van der Waals surface area (Å²) in [5, 5.41) is 2.87. The van der Waals surface area contributed by atoms with Crippen LogP contribution in [-0.4, -0.2) is 29.8 Å². The minimum Gasteiger partial charge on any atom is -0.356 e. The number of benzene rings is 1. The molecule has 0 aliphatic carbocycles. The molecule has 0 aromatic heterocycles. The van der Waals surface area contributed by atoms with Gasteiger partial charge in [-0.15, -0.1) is 0 Å². The highest BCUT2D eigenvalue weighted by Crippen LogP contribution is 2.22. The van der Waals surface area contributed by atoms with Crippen LogP contribution in [0.25, 0.3) is 0 Å². The first-order valence-corrected chi connectivity index (χ1v) is 7.27. The number of amides is 2. The Balaban J connectivity index is 1.83. The monoisotopic (exact) mass is 274 g/mol. The maximum atomic E-state index is 12.0. The lowest BCUT2D eigenvalue weighted by Crippen LogP contribution is -2.28.